The summed E-state index contributed by atoms with van der Waals surface area (Å²) in [5, 5.41) is 0. The van der Waals surface area contributed by atoms with Gasteiger partial charge in [0.05, 0.1) is 13.2 Å². The van der Waals surface area contributed by atoms with Crippen molar-refractivity contribution in [3.05, 3.63) is 29.8 Å². The topological polar surface area (TPSA) is 12.5 Å². The minimum atomic E-state index is 0.816. The Balaban J connectivity index is 2.12. The van der Waals surface area contributed by atoms with Crippen LogP contribution in [0.15, 0.2) is 24.3 Å². The van der Waals surface area contributed by atoms with E-state index < -0.39 is 0 Å². The first-order valence-corrected chi connectivity index (χ1v) is 4.79. The first kappa shape index (κ1) is 9.11. The maximum absolute atomic E-state index is 5.29. The van der Waals surface area contributed by atoms with Gasteiger partial charge in [0.15, 0.2) is 0 Å². The summed E-state index contributed by atoms with van der Waals surface area (Å²) in [5.41, 5.74) is 2.16. The van der Waals surface area contributed by atoms with Crippen molar-refractivity contribution in [1.82, 2.24) is 0 Å². The number of hydrogen-bond donors (Lipinski definition) is 0. The molecule has 0 spiro atoms. The van der Waals surface area contributed by atoms with Crippen LogP contribution in [0, 0.1) is 12.3 Å². The van der Waals surface area contributed by atoms with Crippen LogP contribution >= 0.6 is 0 Å². The molecule has 0 atom stereocenters. The predicted octanol–water partition coefficient (Wildman–Crippen LogP) is 1.50. The monoisotopic (exact) mass is 187 g/mol. The Morgan fingerprint density at radius 1 is 1.14 bits per heavy atom. The molecule has 2 nitrogen and oxygen atoms in total. The summed E-state index contributed by atoms with van der Waals surface area (Å²) in [6.07, 6.45) is 5.29. The molecule has 2 rings (SSSR count). The van der Waals surface area contributed by atoms with Gasteiger partial charge in [-0.3, -0.25) is 0 Å². The Hall–Kier alpha value is -1.46. The fourth-order valence-corrected chi connectivity index (χ4v) is 1.59. The molecule has 0 bridgehead atoms. The van der Waals surface area contributed by atoms with Crippen molar-refractivity contribution in [1.29, 1.82) is 0 Å². The third-order valence-corrected chi connectivity index (χ3v) is 2.41. The standard InChI is InChI=1S/C12H13NO/c1-2-11-3-5-12(6-4-11)13-7-9-14-10-8-13/h1,3-6H,7-10H2. The lowest BCUT2D eigenvalue weighted by Crippen LogP contribution is -2.36. The number of benzene rings is 1. The number of ether oxygens (including phenoxy) is 1. The maximum Gasteiger partial charge on any atom is 0.0642 e. The molecule has 0 aliphatic carbocycles. The van der Waals surface area contributed by atoms with Crippen molar-refractivity contribution in [3.63, 3.8) is 0 Å². The molecule has 1 saturated heterocycles. The highest BCUT2D eigenvalue weighted by Crippen LogP contribution is 2.15. The molecule has 14 heavy (non-hydrogen) atoms. The number of morpholine rings is 1. The molecular weight excluding hydrogens is 174 g/mol. The Kier molecular flexibility index (Phi) is 2.71. The Bertz CT molecular complexity index is 330. The normalized spacial score (nSPS) is 16.4. The molecule has 1 aliphatic rings. The SMILES string of the molecule is C#Cc1ccc(N2CCOCC2)cc1. The molecule has 1 aromatic rings. The minimum Gasteiger partial charge on any atom is -0.378 e. The number of nitrogens with zero attached hydrogens (tertiary/aromatic N) is 1. The summed E-state index contributed by atoms with van der Waals surface area (Å²) < 4.78 is 5.29. The van der Waals surface area contributed by atoms with E-state index in [1.807, 2.05) is 12.1 Å². The molecule has 0 aromatic heterocycles. The number of terminal acetylenes is 1. The molecule has 0 radical (unpaired) electrons. The summed E-state index contributed by atoms with van der Waals surface area (Å²) in [6.45, 7) is 3.57. The lowest BCUT2D eigenvalue weighted by molar-refractivity contribution is 0.122. The van der Waals surface area contributed by atoms with Gasteiger partial charge in [-0.1, -0.05) is 5.92 Å². The molecule has 1 aliphatic heterocycles. The van der Waals surface area contributed by atoms with Crippen LogP contribution in [-0.2, 0) is 4.74 Å². The number of rotatable bonds is 1. The van der Waals surface area contributed by atoms with E-state index in [0.717, 1.165) is 31.9 Å². The molecule has 1 aromatic carbocycles. The van der Waals surface area contributed by atoms with E-state index in [-0.39, 0.29) is 0 Å². The van der Waals surface area contributed by atoms with Gasteiger partial charge < -0.3 is 9.64 Å². The third kappa shape index (κ3) is 1.89. The summed E-state index contributed by atoms with van der Waals surface area (Å²) in [5.74, 6) is 2.61. The second kappa shape index (κ2) is 4.17. The predicted molar refractivity (Wildman–Crippen MR) is 57.4 cm³/mol. The van der Waals surface area contributed by atoms with Crippen LogP contribution in [0.5, 0.6) is 0 Å². The van der Waals surface area contributed by atoms with E-state index in [9.17, 15) is 0 Å². The van der Waals surface area contributed by atoms with Gasteiger partial charge in [0.25, 0.3) is 0 Å². The molecule has 2 heteroatoms. The van der Waals surface area contributed by atoms with Gasteiger partial charge in [0.1, 0.15) is 0 Å². The van der Waals surface area contributed by atoms with Gasteiger partial charge in [0, 0.05) is 24.3 Å². The van der Waals surface area contributed by atoms with Crippen LogP contribution in [0.2, 0.25) is 0 Å². The first-order valence-electron chi connectivity index (χ1n) is 4.79. The van der Waals surface area contributed by atoms with Gasteiger partial charge in [-0.25, -0.2) is 0 Å². The summed E-state index contributed by atoms with van der Waals surface area (Å²) in [7, 11) is 0. The Morgan fingerprint density at radius 3 is 2.36 bits per heavy atom. The van der Waals surface area contributed by atoms with Crippen LogP contribution in [0.3, 0.4) is 0 Å². The van der Waals surface area contributed by atoms with E-state index in [2.05, 4.69) is 23.0 Å². The van der Waals surface area contributed by atoms with E-state index in [4.69, 9.17) is 11.2 Å². The van der Waals surface area contributed by atoms with Crippen LogP contribution < -0.4 is 4.90 Å². The van der Waals surface area contributed by atoms with Gasteiger partial charge >= 0.3 is 0 Å². The average Bonchev–Trinajstić information content (AvgIpc) is 2.30. The Labute approximate surface area is 84.5 Å². The van der Waals surface area contributed by atoms with Gasteiger partial charge in [-0.2, -0.15) is 0 Å². The zero-order chi connectivity index (χ0) is 9.80. The number of hydrogen-bond acceptors (Lipinski definition) is 2. The zero-order valence-electron chi connectivity index (χ0n) is 8.07. The van der Waals surface area contributed by atoms with Crippen LogP contribution in [0.1, 0.15) is 5.56 Å². The second-order valence-corrected chi connectivity index (χ2v) is 3.29. The summed E-state index contributed by atoms with van der Waals surface area (Å²) in [4.78, 5) is 2.31. The molecule has 0 N–H and O–H groups in total. The first-order chi connectivity index (χ1) is 6.90. The average molecular weight is 187 g/mol. The largest absolute Gasteiger partial charge is 0.378 e. The van der Waals surface area contributed by atoms with E-state index in [1.54, 1.807) is 0 Å². The van der Waals surface area contributed by atoms with E-state index in [0.29, 0.717) is 0 Å². The zero-order valence-corrected chi connectivity index (χ0v) is 8.07. The molecular formula is C12H13NO. The van der Waals surface area contributed by atoms with Crippen LogP contribution in [0.25, 0.3) is 0 Å². The van der Waals surface area contributed by atoms with Crippen molar-refractivity contribution in [2.45, 2.75) is 0 Å². The van der Waals surface area contributed by atoms with Crippen molar-refractivity contribution >= 4 is 5.69 Å². The molecule has 1 heterocycles. The van der Waals surface area contributed by atoms with Crippen molar-refractivity contribution < 1.29 is 4.74 Å². The highest BCUT2D eigenvalue weighted by atomic mass is 16.5. The van der Waals surface area contributed by atoms with Crippen molar-refractivity contribution in [2.75, 3.05) is 31.2 Å². The highest BCUT2D eigenvalue weighted by Gasteiger charge is 2.10. The molecule has 72 valence electrons. The van der Waals surface area contributed by atoms with Crippen molar-refractivity contribution in [3.8, 4) is 12.3 Å². The van der Waals surface area contributed by atoms with Crippen LogP contribution in [-0.4, -0.2) is 26.3 Å². The molecule has 0 unspecified atom stereocenters. The fourth-order valence-electron chi connectivity index (χ4n) is 1.59. The van der Waals surface area contributed by atoms with Gasteiger partial charge in [-0.05, 0) is 24.3 Å². The summed E-state index contributed by atoms with van der Waals surface area (Å²) in [6, 6.07) is 8.09. The Morgan fingerprint density at radius 2 is 1.79 bits per heavy atom. The third-order valence-electron chi connectivity index (χ3n) is 2.41. The van der Waals surface area contributed by atoms with Gasteiger partial charge in [0.2, 0.25) is 0 Å². The minimum absolute atomic E-state index is 0.816. The molecule has 0 saturated carbocycles. The smallest absolute Gasteiger partial charge is 0.0642 e. The fraction of sp³-hybridized carbons (Fsp3) is 0.333. The maximum atomic E-state index is 5.29. The highest BCUT2D eigenvalue weighted by molar-refractivity contribution is 5.50. The molecule has 0 amide bonds. The van der Waals surface area contributed by atoms with E-state index >= 15 is 0 Å². The van der Waals surface area contributed by atoms with E-state index in [1.165, 1.54) is 5.69 Å². The lowest BCUT2D eigenvalue weighted by Gasteiger charge is -2.28. The van der Waals surface area contributed by atoms with Crippen molar-refractivity contribution in [2.24, 2.45) is 0 Å². The quantitative estimate of drug-likeness (QED) is 0.618. The van der Waals surface area contributed by atoms with Crippen LogP contribution in [0.4, 0.5) is 5.69 Å². The second-order valence-electron chi connectivity index (χ2n) is 3.29. The number of anilines is 1. The summed E-state index contributed by atoms with van der Waals surface area (Å²) >= 11 is 0. The van der Waals surface area contributed by atoms with Gasteiger partial charge in [-0.15, -0.1) is 6.42 Å². The lowest BCUT2D eigenvalue weighted by atomic mass is 10.2. The molecule has 1 fully saturated rings.